The van der Waals surface area contributed by atoms with Crippen LogP contribution >= 0.6 is 0 Å². The van der Waals surface area contributed by atoms with Crippen molar-refractivity contribution in [2.45, 2.75) is 0 Å². The third-order valence-electron chi connectivity index (χ3n) is 0. The second kappa shape index (κ2) is 184. The minimum absolute atomic E-state index is 0. The van der Waals surface area contributed by atoms with Crippen LogP contribution in [0.15, 0.2) is 0 Å². The summed E-state index contributed by atoms with van der Waals surface area (Å²) in [5.74, 6) is 0. The number of thiocyanates is 6. The molecule has 0 heterocycles. The minimum atomic E-state index is 0. The largest absolute Gasteiger partial charge is 2.00 e. The SMILES string of the molecule is N#C[S-].N#C[S-].N#C[S-].N#C[S-].N#C[S-].N#C[S-].[Ni+2]. The van der Waals surface area contributed by atoms with Gasteiger partial charge >= 0.3 is 16.5 Å². The van der Waals surface area contributed by atoms with Crippen molar-refractivity contribution in [2.75, 3.05) is 0 Å². The summed E-state index contributed by atoms with van der Waals surface area (Å²) in [7, 11) is 0. The Bertz CT molecular complexity index is 256. The maximum atomic E-state index is 7.13. The van der Waals surface area contributed by atoms with Crippen LogP contribution in [0.3, 0.4) is 0 Å². The Kier molecular flexibility index (Phi) is 417. The molecule has 0 aliphatic rings. The predicted molar refractivity (Wildman–Crippen MR) is 77.9 cm³/mol. The summed E-state index contributed by atoms with van der Waals surface area (Å²) < 4.78 is 0. The molecule has 0 bridgehead atoms. The van der Waals surface area contributed by atoms with Crippen LogP contribution in [0.2, 0.25) is 0 Å². The summed E-state index contributed by atoms with van der Waals surface area (Å²) in [5, 5.41) is 50.8. The minimum Gasteiger partial charge on any atom is -0.696 e. The molecule has 19 heavy (non-hydrogen) atoms. The van der Waals surface area contributed by atoms with Crippen molar-refractivity contribution >= 4 is 75.8 Å². The van der Waals surface area contributed by atoms with Crippen LogP contribution in [-0.2, 0) is 92.3 Å². The van der Waals surface area contributed by atoms with E-state index in [9.17, 15) is 0 Å². The molecule has 0 N–H and O–H groups in total. The van der Waals surface area contributed by atoms with Crippen molar-refractivity contribution < 1.29 is 16.5 Å². The first kappa shape index (κ1) is 43.1. The molecule has 6 nitrogen and oxygen atoms in total. The molecule has 0 amide bonds. The molecule has 13 heteroatoms. The first-order valence-electron chi connectivity index (χ1n) is 2.57. The van der Waals surface area contributed by atoms with Gasteiger partial charge in [-0.2, -0.15) is 0 Å². The van der Waals surface area contributed by atoms with Crippen LogP contribution < -0.4 is 0 Å². The van der Waals surface area contributed by atoms with Gasteiger partial charge in [0.25, 0.3) is 0 Å². The van der Waals surface area contributed by atoms with Gasteiger partial charge in [-0.05, 0) is 0 Å². The molecule has 0 aromatic carbocycles. The fraction of sp³-hybridized carbons (Fsp3) is 0. The van der Waals surface area contributed by atoms with Crippen LogP contribution in [-0.4, -0.2) is 0 Å². The maximum Gasteiger partial charge on any atom is 2.00 e. The summed E-state index contributed by atoms with van der Waals surface area (Å²) in [4.78, 5) is 0. The third kappa shape index (κ3) is 2350. The van der Waals surface area contributed by atoms with Crippen molar-refractivity contribution in [3.8, 4) is 32.4 Å². The van der Waals surface area contributed by atoms with E-state index in [4.69, 9.17) is 31.6 Å². The van der Waals surface area contributed by atoms with Crippen LogP contribution in [0.5, 0.6) is 0 Å². The van der Waals surface area contributed by atoms with E-state index in [0.717, 1.165) is 0 Å². The van der Waals surface area contributed by atoms with Gasteiger partial charge in [0.15, 0.2) is 0 Å². The van der Waals surface area contributed by atoms with Crippen molar-refractivity contribution in [3.63, 3.8) is 0 Å². The van der Waals surface area contributed by atoms with Crippen molar-refractivity contribution in [1.29, 1.82) is 31.6 Å². The van der Waals surface area contributed by atoms with E-state index < -0.39 is 0 Å². The van der Waals surface area contributed by atoms with Gasteiger partial charge in [0.1, 0.15) is 0 Å². The number of nitrogens with zero attached hydrogens (tertiary/aromatic N) is 6. The van der Waals surface area contributed by atoms with Gasteiger partial charge < -0.3 is 75.8 Å². The van der Waals surface area contributed by atoms with Crippen LogP contribution in [0.4, 0.5) is 0 Å². The third-order valence-corrected chi connectivity index (χ3v) is 0. The molecular weight excluding hydrogens is 407 g/mol. The smallest absolute Gasteiger partial charge is 0.696 e. The monoisotopic (exact) mass is 406 g/mol. The van der Waals surface area contributed by atoms with E-state index in [-0.39, 0.29) is 16.5 Å². The molecule has 0 saturated carbocycles. The fourth-order valence-corrected chi connectivity index (χ4v) is 0. The van der Waals surface area contributed by atoms with Crippen LogP contribution in [0, 0.1) is 64.0 Å². The summed E-state index contributed by atoms with van der Waals surface area (Å²) in [6.45, 7) is 0. The predicted octanol–water partition coefficient (Wildman–Crippen LogP) is 0.0838. The Hall–Kier alpha value is -1.25. The van der Waals surface area contributed by atoms with Crippen LogP contribution in [0.1, 0.15) is 0 Å². The van der Waals surface area contributed by atoms with E-state index in [1.165, 1.54) is 32.4 Å². The molecule has 0 rings (SSSR count). The molecule has 0 spiro atoms. The van der Waals surface area contributed by atoms with Crippen molar-refractivity contribution in [1.82, 2.24) is 0 Å². The van der Waals surface area contributed by atoms with Gasteiger partial charge in [-0.25, -0.2) is 31.6 Å². The zero-order valence-electron chi connectivity index (χ0n) is 8.45. The zero-order chi connectivity index (χ0) is 16.2. The van der Waals surface area contributed by atoms with E-state index in [0.29, 0.717) is 0 Å². The molecule has 0 aromatic rings. The summed E-state index contributed by atoms with van der Waals surface area (Å²) in [5.41, 5.74) is 0. The first-order valence-corrected chi connectivity index (χ1v) is 5.02. The molecule has 0 saturated heterocycles. The topological polar surface area (TPSA) is 143 Å². The normalized spacial score (nSPS) is 2.21. The van der Waals surface area contributed by atoms with Gasteiger partial charge in [-0.15, -0.1) is 0 Å². The van der Waals surface area contributed by atoms with Gasteiger partial charge in [-0.1, -0.05) is 32.4 Å². The molecule has 0 aliphatic heterocycles. The Morgan fingerprint density at radius 3 is 0.368 bits per heavy atom. The standard InChI is InChI=1S/6CHNS.Ni/c6*2-1-3;/h6*3H;/q;;;;;;+2/p-6. The molecule has 104 valence electrons. The van der Waals surface area contributed by atoms with Crippen molar-refractivity contribution in [2.24, 2.45) is 0 Å². The van der Waals surface area contributed by atoms with Crippen molar-refractivity contribution in [3.05, 3.63) is 0 Å². The summed E-state index contributed by atoms with van der Waals surface area (Å²) in [6, 6.07) is 0. The maximum absolute atomic E-state index is 7.13. The Morgan fingerprint density at radius 2 is 0.368 bits per heavy atom. The molecule has 0 fully saturated rings. The van der Waals surface area contributed by atoms with E-state index in [1.54, 1.807) is 0 Å². The Balaban J connectivity index is -0.0000000180. The fourth-order valence-electron chi connectivity index (χ4n) is 0. The van der Waals surface area contributed by atoms with Gasteiger partial charge in [0, 0.05) is 0 Å². The molecule has 0 radical (unpaired) electrons. The number of nitriles is 6. The second-order valence-corrected chi connectivity index (χ2v) is 1.64. The second-order valence-electron chi connectivity index (χ2n) is 0.548. The average molecular weight is 407 g/mol. The quantitative estimate of drug-likeness (QED) is 0.305. The van der Waals surface area contributed by atoms with E-state index in [2.05, 4.69) is 75.8 Å². The Labute approximate surface area is 155 Å². The number of hydrogen-bond acceptors (Lipinski definition) is 12. The van der Waals surface area contributed by atoms with E-state index in [1.807, 2.05) is 0 Å². The molecule has 0 aromatic heterocycles. The number of rotatable bonds is 0. The Morgan fingerprint density at radius 1 is 0.368 bits per heavy atom. The molecule has 0 aliphatic carbocycles. The summed E-state index contributed by atoms with van der Waals surface area (Å²) >= 11 is 22.2. The first-order chi connectivity index (χ1) is 8.49. The van der Waals surface area contributed by atoms with Crippen LogP contribution in [0.25, 0.3) is 0 Å². The average Bonchev–Trinajstić information content (AvgIpc) is 2.23. The number of hydrogen-bond donors (Lipinski definition) is 0. The summed E-state index contributed by atoms with van der Waals surface area (Å²) in [6.07, 6.45) is 0. The van der Waals surface area contributed by atoms with Gasteiger partial charge in [0.05, 0.1) is 0 Å². The van der Waals surface area contributed by atoms with Gasteiger partial charge in [0.2, 0.25) is 0 Å². The molecule has 0 unspecified atom stereocenters. The zero-order valence-corrected chi connectivity index (χ0v) is 14.3. The molecular formula is C6N6NiS6-4. The van der Waals surface area contributed by atoms with Gasteiger partial charge in [-0.3, -0.25) is 0 Å². The van der Waals surface area contributed by atoms with E-state index >= 15 is 0 Å². The molecule has 0 atom stereocenters.